The van der Waals surface area contributed by atoms with Crippen molar-refractivity contribution in [2.45, 2.75) is 122 Å². The SMILES string of the molecule is CCCCCCCCCCCCCCNC(=O)[C@H](CS)NC(=O)[C@H](CCCNCCCN)NCCCN. The highest BCUT2D eigenvalue weighted by atomic mass is 32.1. The lowest BCUT2D eigenvalue weighted by molar-refractivity contribution is -0.129. The van der Waals surface area contributed by atoms with Gasteiger partial charge in [-0.05, 0) is 64.8 Å². The Labute approximate surface area is 233 Å². The molecule has 0 rings (SSSR count). The quantitative estimate of drug-likeness (QED) is 0.0597. The van der Waals surface area contributed by atoms with Crippen LogP contribution in [0.5, 0.6) is 0 Å². The lowest BCUT2D eigenvalue weighted by atomic mass is 10.1. The third-order valence-corrected chi connectivity index (χ3v) is 7.00. The minimum atomic E-state index is -0.630. The molecule has 8 N–H and O–H groups in total. The van der Waals surface area contributed by atoms with Crippen LogP contribution in [0, 0.1) is 0 Å². The van der Waals surface area contributed by atoms with Gasteiger partial charge in [0.2, 0.25) is 11.8 Å². The van der Waals surface area contributed by atoms with Crippen molar-refractivity contribution in [3.8, 4) is 0 Å². The molecule has 0 aliphatic carbocycles. The van der Waals surface area contributed by atoms with Gasteiger partial charge in [0, 0.05) is 12.3 Å². The largest absolute Gasteiger partial charge is 0.354 e. The minimum absolute atomic E-state index is 0.154. The molecule has 2 atom stereocenters. The average Bonchev–Trinajstić information content (AvgIpc) is 2.90. The fourth-order valence-corrected chi connectivity index (χ4v) is 4.51. The first-order valence-electron chi connectivity index (χ1n) is 15.1. The normalized spacial score (nSPS) is 12.9. The first-order valence-corrected chi connectivity index (χ1v) is 15.8. The van der Waals surface area contributed by atoms with E-state index in [1.54, 1.807) is 0 Å². The molecule has 8 nitrogen and oxygen atoms in total. The second-order valence-electron chi connectivity index (χ2n) is 10.1. The van der Waals surface area contributed by atoms with Gasteiger partial charge in [0.05, 0.1) is 6.04 Å². The van der Waals surface area contributed by atoms with Gasteiger partial charge >= 0.3 is 0 Å². The van der Waals surface area contributed by atoms with Crippen LogP contribution in [0.25, 0.3) is 0 Å². The van der Waals surface area contributed by atoms with Crippen LogP contribution in [0.15, 0.2) is 0 Å². The summed E-state index contributed by atoms with van der Waals surface area (Å²) in [5.41, 5.74) is 11.1. The van der Waals surface area contributed by atoms with Crippen molar-refractivity contribution in [2.75, 3.05) is 45.0 Å². The van der Waals surface area contributed by atoms with E-state index in [0.29, 0.717) is 32.6 Å². The summed E-state index contributed by atoms with van der Waals surface area (Å²) in [4.78, 5) is 25.5. The number of amides is 2. The predicted octanol–water partition coefficient (Wildman–Crippen LogP) is 3.24. The fraction of sp³-hybridized carbons (Fsp3) is 0.929. The number of hydrogen-bond donors (Lipinski definition) is 7. The number of unbranched alkanes of at least 4 members (excludes halogenated alkanes) is 11. The van der Waals surface area contributed by atoms with E-state index in [4.69, 9.17) is 11.5 Å². The van der Waals surface area contributed by atoms with Gasteiger partial charge in [0.15, 0.2) is 0 Å². The van der Waals surface area contributed by atoms with Crippen LogP contribution >= 0.6 is 12.6 Å². The van der Waals surface area contributed by atoms with E-state index >= 15 is 0 Å². The number of carbonyl (C=O) groups is 2. The Morgan fingerprint density at radius 2 is 1.19 bits per heavy atom. The molecule has 0 fully saturated rings. The zero-order valence-corrected chi connectivity index (χ0v) is 24.7. The smallest absolute Gasteiger partial charge is 0.243 e. The Hall–Kier alpha value is -0.870. The molecule has 0 aliphatic heterocycles. The molecule has 0 heterocycles. The summed E-state index contributed by atoms with van der Waals surface area (Å²) in [6.07, 6.45) is 18.7. The summed E-state index contributed by atoms with van der Waals surface area (Å²) in [7, 11) is 0. The average molecular weight is 545 g/mol. The molecule has 0 spiro atoms. The van der Waals surface area contributed by atoms with E-state index in [0.717, 1.165) is 45.2 Å². The maximum absolute atomic E-state index is 12.9. The summed E-state index contributed by atoms with van der Waals surface area (Å²) < 4.78 is 0. The number of rotatable bonds is 28. The lowest BCUT2D eigenvalue weighted by Crippen LogP contribution is -2.54. The lowest BCUT2D eigenvalue weighted by Gasteiger charge is -2.22. The molecule has 0 aromatic heterocycles. The molecule has 0 aliphatic rings. The molecular formula is C28H60N6O2S. The third-order valence-electron chi connectivity index (χ3n) is 6.64. The van der Waals surface area contributed by atoms with Gasteiger partial charge in [-0.2, -0.15) is 12.6 Å². The van der Waals surface area contributed by atoms with Gasteiger partial charge in [0.1, 0.15) is 6.04 Å². The fourth-order valence-electron chi connectivity index (χ4n) is 4.25. The highest BCUT2D eigenvalue weighted by Crippen LogP contribution is 2.11. The molecule has 0 aromatic rings. The van der Waals surface area contributed by atoms with Gasteiger partial charge in [-0.15, -0.1) is 0 Å². The van der Waals surface area contributed by atoms with Crippen molar-refractivity contribution < 1.29 is 9.59 Å². The van der Waals surface area contributed by atoms with Crippen LogP contribution in [0.3, 0.4) is 0 Å². The number of nitrogens with one attached hydrogen (secondary N) is 4. The molecule has 2 amide bonds. The van der Waals surface area contributed by atoms with Crippen LogP contribution in [0.2, 0.25) is 0 Å². The van der Waals surface area contributed by atoms with E-state index in [1.807, 2.05) is 0 Å². The molecule has 0 unspecified atom stereocenters. The van der Waals surface area contributed by atoms with Crippen molar-refractivity contribution in [3.63, 3.8) is 0 Å². The summed E-state index contributed by atoms with van der Waals surface area (Å²) in [6.45, 7) is 6.53. The Bertz CT molecular complexity index is 527. The summed E-state index contributed by atoms with van der Waals surface area (Å²) in [5.74, 6) is -0.0410. The van der Waals surface area contributed by atoms with Crippen LogP contribution < -0.4 is 32.7 Å². The van der Waals surface area contributed by atoms with Gasteiger partial charge in [-0.25, -0.2) is 0 Å². The van der Waals surface area contributed by atoms with E-state index in [-0.39, 0.29) is 23.6 Å². The van der Waals surface area contributed by atoms with Crippen molar-refractivity contribution in [3.05, 3.63) is 0 Å². The maximum Gasteiger partial charge on any atom is 0.243 e. The van der Waals surface area contributed by atoms with E-state index in [1.165, 1.54) is 64.2 Å². The van der Waals surface area contributed by atoms with E-state index < -0.39 is 6.04 Å². The zero-order chi connectivity index (χ0) is 27.4. The maximum atomic E-state index is 12.9. The molecule has 0 saturated heterocycles. The number of carbonyl (C=O) groups excluding carboxylic acids is 2. The highest BCUT2D eigenvalue weighted by Gasteiger charge is 2.24. The van der Waals surface area contributed by atoms with Crippen LogP contribution in [-0.4, -0.2) is 68.9 Å². The molecule has 9 heteroatoms. The highest BCUT2D eigenvalue weighted by molar-refractivity contribution is 7.80. The molecular weight excluding hydrogens is 484 g/mol. The first-order chi connectivity index (χ1) is 18.1. The standard InChI is InChI=1S/C28H60N6O2S/c1-2-3-4-5-6-7-8-9-10-11-12-13-22-33-27(35)26(24-37)34-28(36)25(32-23-16-19-30)17-14-20-31-21-15-18-29/h25-26,31-32,37H,2-24,29-30H2,1H3,(H,33,35)(H,34,36)/t25-,26-/m0/s1. The van der Waals surface area contributed by atoms with Crippen LogP contribution in [0.1, 0.15) is 110 Å². The van der Waals surface area contributed by atoms with Crippen molar-refractivity contribution in [1.29, 1.82) is 0 Å². The van der Waals surface area contributed by atoms with Crippen LogP contribution in [0.4, 0.5) is 0 Å². The Morgan fingerprint density at radius 3 is 1.76 bits per heavy atom. The van der Waals surface area contributed by atoms with Gasteiger partial charge in [0.25, 0.3) is 0 Å². The monoisotopic (exact) mass is 544 g/mol. The second kappa shape index (κ2) is 28.1. The second-order valence-corrected chi connectivity index (χ2v) is 10.5. The number of hydrogen-bond acceptors (Lipinski definition) is 7. The molecule has 37 heavy (non-hydrogen) atoms. The van der Waals surface area contributed by atoms with Crippen molar-refractivity contribution >= 4 is 24.4 Å². The topological polar surface area (TPSA) is 134 Å². The predicted molar refractivity (Wildman–Crippen MR) is 161 cm³/mol. The van der Waals surface area contributed by atoms with Gasteiger partial charge in [-0.1, -0.05) is 77.6 Å². The Kier molecular flexibility index (Phi) is 27.5. The molecule has 220 valence electrons. The molecule has 0 saturated carbocycles. The number of thiol groups is 1. The van der Waals surface area contributed by atoms with Gasteiger partial charge in [-0.3, -0.25) is 9.59 Å². The van der Waals surface area contributed by atoms with E-state index in [2.05, 4.69) is 40.8 Å². The molecule has 0 aromatic carbocycles. The van der Waals surface area contributed by atoms with Crippen molar-refractivity contribution in [2.24, 2.45) is 11.5 Å². The Morgan fingerprint density at radius 1 is 0.649 bits per heavy atom. The van der Waals surface area contributed by atoms with E-state index in [9.17, 15) is 9.59 Å². The zero-order valence-electron chi connectivity index (χ0n) is 23.8. The number of nitrogens with two attached hydrogens (primary N) is 2. The minimum Gasteiger partial charge on any atom is -0.354 e. The summed E-state index contributed by atoms with van der Waals surface area (Å²) in [6, 6.07) is -0.982. The van der Waals surface area contributed by atoms with Gasteiger partial charge < -0.3 is 32.7 Å². The summed E-state index contributed by atoms with van der Waals surface area (Å²) >= 11 is 4.31. The van der Waals surface area contributed by atoms with Crippen LogP contribution in [-0.2, 0) is 9.59 Å². The molecule has 0 bridgehead atoms. The summed E-state index contributed by atoms with van der Waals surface area (Å²) in [5, 5.41) is 12.5. The third kappa shape index (κ3) is 22.8. The first kappa shape index (κ1) is 36.1. The van der Waals surface area contributed by atoms with Crippen molar-refractivity contribution in [1.82, 2.24) is 21.3 Å². The molecule has 0 radical (unpaired) electrons. The Balaban J connectivity index is 4.12.